The van der Waals surface area contributed by atoms with Gasteiger partial charge in [0.1, 0.15) is 0 Å². The van der Waals surface area contributed by atoms with Crippen molar-refractivity contribution in [3.05, 3.63) is 6.42 Å². The third kappa shape index (κ3) is 2.02. The Hall–Kier alpha value is 0. The van der Waals surface area contributed by atoms with Crippen LogP contribution in [0.4, 0.5) is 0 Å². The highest BCUT2D eigenvalue weighted by molar-refractivity contribution is 4.87. The lowest BCUT2D eigenvalue weighted by Crippen LogP contribution is -2.20. The van der Waals surface area contributed by atoms with Crippen LogP contribution in [0.15, 0.2) is 0 Å². The quantitative estimate of drug-likeness (QED) is 0.516. The molecular formula is C12H21-. The van der Waals surface area contributed by atoms with Gasteiger partial charge < -0.3 is 6.42 Å². The standard InChI is InChI=1S/C12H21/c1-3-7-11(8-4-1)12-9-5-2-6-10-12/h7,11-12H,1-6,8-10H2/q-1. The maximum Gasteiger partial charge on any atom is -0.0526 e. The SMILES string of the molecule is [CH-]1CCCCC1C1CCCCC1. The van der Waals surface area contributed by atoms with Crippen LogP contribution in [-0.2, 0) is 0 Å². The Balaban J connectivity index is 1.80. The Bertz CT molecular complexity index is 100. The fourth-order valence-electron chi connectivity index (χ4n) is 2.96. The summed E-state index contributed by atoms with van der Waals surface area (Å²) in [5.41, 5.74) is 0. The number of rotatable bonds is 1. The van der Waals surface area contributed by atoms with Gasteiger partial charge in [0.05, 0.1) is 0 Å². The summed E-state index contributed by atoms with van der Waals surface area (Å²) >= 11 is 0. The zero-order valence-corrected chi connectivity index (χ0v) is 8.10. The van der Waals surface area contributed by atoms with Gasteiger partial charge in [-0.2, -0.15) is 12.3 Å². The first kappa shape index (κ1) is 8.59. The highest BCUT2D eigenvalue weighted by Crippen LogP contribution is 2.37. The van der Waals surface area contributed by atoms with E-state index in [4.69, 9.17) is 0 Å². The molecule has 2 saturated carbocycles. The smallest absolute Gasteiger partial charge is 0.0526 e. The Morgan fingerprint density at radius 3 is 2.17 bits per heavy atom. The Kier molecular flexibility index (Phi) is 3.08. The maximum absolute atomic E-state index is 2.62. The van der Waals surface area contributed by atoms with Gasteiger partial charge in [-0.15, -0.1) is 0 Å². The van der Waals surface area contributed by atoms with E-state index in [0.29, 0.717) is 0 Å². The van der Waals surface area contributed by atoms with E-state index in [1.807, 2.05) is 0 Å². The van der Waals surface area contributed by atoms with Gasteiger partial charge in [0.2, 0.25) is 0 Å². The first-order chi connectivity index (χ1) is 5.97. The van der Waals surface area contributed by atoms with Crippen molar-refractivity contribution in [2.45, 2.75) is 57.8 Å². The first-order valence-electron chi connectivity index (χ1n) is 5.80. The summed E-state index contributed by atoms with van der Waals surface area (Å²) in [7, 11) is 0. The van der Waals surface area contributed by atoms with Gasteiger partial charge in [0.25, 0.3) is 0 Å². The largest absolute Gasteiger partial charge is 0.325 e. The molecule has 0 radical (unpaired) electrons. The minimum absolute atomic E-state index is 1.01. The van der Waals surface area contributed by atoms with Crippen molar-refractivity contribution >= 4 is 0 Å². The number of hydrogen-bond acceptors (Lipinski definition) is 0. The van der Waals surface area contributed by atoms with Crippen LogP contribution in [0.3, 0.4) is 0 Å². The van der Waals surface area contributed by atoms with Gasteiger partial charge >= 0.3 is 0 Å². The topological polar surface area (TPSA) is 0 Å². The molecule has 2 aliphatic carbocycles. The summed E-state index contributed by atoms with van der Waals surface area (Å²) < 4.78 is 0. The summed E-state index contributed by atoms with van der Waals surface area (Å²) in [5.74, 6) is 2.10. The van der Waals surface area contributed by atoms with Crippen LogP contribution in [-0.4, -0.2) is 0 Å². The average Bonchev–Trinajstić information content (AvgIpc) is 2.21. The van der Waals surface area contributed by atoms with E-state index < -0.39 is 0 Å². The van der Waals surface area contributed by atoms with Crippen LogP contribution in [0.2, 0.25) is 0 Å². The second-order valence-corrected chi connectivity index (χ2v) is 4.58. The summed E-state index contributed by atoms with van der Waals surface area (Å²) in [6, 6.07) is 0. The van der Waals surface area contributed by atoms with E-state index in [-0.39, 0.29) is 0 Å². The molecule has 2 rings (SSSR count). The summed E-state index contributed by atoms with van der Waals surface area (Å²) in [4.78, 5) is 0. The maximum atomic E-state index is 2.62. The number of hydrogen-bond donors (Lipinski definition) is 0. The zero-order valence-electron chi connectivity index (χ0n) is 8.10. The van der Waals surface area contributed by atoms with Crippen molar-refractivity contribution in [2.75, 3.05) is 0 Å². The molecule has 0 heterocycles. The van der Waals surface area contributed by atoms with Gasteiger partial charge in [0.15, 0.2) is 0 Å². The fraction of sp³-hybridized carbons (Fsp3) is 0.917. The summed E-state index contributed by atoms with van der Waals surface area (Å²) in [5, 5.41) is 0. The molecule has 0 aromatic rings. The third-order valence-electron chi connectivity index (χ3n) is 3.72. The van der Waals surface area contributed by atoms with Gasteiger partial charge in [-0.3, -0.25) is 0 Å². The lowest BCUT2D eigenvalue weighted by Gasteiger charge is -2.40. The van der Waals surface area contributed by atoms with E-state index in [0.717, 1.165) is 11.8 Å². The van der Waals surface area contributed by atoms with Crippen molar-refractivity contribution in [3.63, 3.8) is 0 Å². The van der Waals surface area contributed by atoms with E-state index in [1.165, 1.54) is 57.8 Å². The molecule has 0 nitrogen and oxygen atoms in total. The van der Waals surface area contributed by atoms with Crippen LogP contribution in [0.25, 0.3) is 0 Å². The second-order valence-electron chi connectivity index (χ2n) is 4.58. The molecule has 0 bridgehead atoms. The summed E-state index contributed by atoms with van der Waals surface area (Å²) in [6.07, 6.45) is 16.1. The van der Waals surface area contributed by atoms with Crippen molar-refractivity contribution in [1.82, 2.24) is 0 Å². The minimum Gasteiger partial charge on any atom is -0.325 e. The molecule has 0 aromatic carbocycles. The highest BCUT2D eigenvalue weighted by Gasteiger charge is 2.18. The lowest BCUT2D eigenvalue weighted by molar-refractivity contribution is 0.239. The monoisotopic (exact) mass is 165 g/mol. The van der Waals surface area contributed by atoms with Crippen molar-refractivity contribution < 1.29 is 0 Å². The molecule has 0 saturated heterocycles. The molecule has 70 valence electrons. The van der Waals surface area contributed by atoms with E-state index in [9.17, 15) is 0 Å². The zero-order chi connectivity index (χ0) is 8.23. The van der Waals surface area contributed by atoms with Crippen molar-refractivity contribution in [2.24, 2.45) is 11.8 Å². The first-order valence-corrected chi connectivity index (χ1v) is 5.80. The molecule has 0 spiro atoms. The Labute approximate surface area is 76.7 Å². The van der Waals surface area contributed by atoms with Gasteiger partial charge in [-0.1, -0.05) is 57.3 Å². The van der Waals surface area contributed by atoms with Crippen LogP contribution >= 0.6 is 0 Å². The average molecular weight is 165 g/mol. The molecule has 0 aromatic heterocycles. The predicted molar refractivity (Wildman–Crippen MR) is 52.8 cm³/mol. The van der Waals surface area contributed by atoms with Gasteiger partial charge in [0, 0.05) is 0 Å². The molecule has 1 unspecified atom stereocenters. The van der Waals surface area contributed by atoms with Gasteiger partial charge in [-0.05, 0) is 0 Å². The highest BCUT2D eigenvalue weighted by atomic mass is 14.3. The molecule has 2 fully saturated rings. The van der Waals surface area contributed by atoms with Crippen LogP contribution in [0.5, 0.6) is 0 Å². The molecule has 0 heteroatoms. The second kappa shape index (κ2) is 4.30. The van der Waals surface area contributed by atoms with Crippen molar-refractivity contribution in [1.29, 1.82) is 0 Å². The molecule has 2 aliphatic rings. The third-order valence-corrected chi connectivity index (χ3v) is 3.72. The molecule has 1 atom stereocenters. The molecule has 0 aliphatic heterocycles. The summed E-state index contributed by atoms with van der Waals surface area (Å²) in [6.45, 7) is 0. The Morgan fingerprint density at radius 2 is 1.50 bits per heavy atom. The van der Waals surface area contributed by atoms with E-state index >= 15 is 0 Å². The molecular weight excluding hydrogens is 144 g/mol. The predicted octanol–water partition coefficient (Wildman–Crippen LogP) is 3.96. The molecule has 0 amide bonds. The lowest BCUT2D eigenvalue weighted by atomic mass is 9.73. The van der Waals surface area contributed by atoms with Crippen LogP contribution in [0.1, 0.15) is 57.8 Å². The Morgan fingerprint density at radius 1 is 0.750 bits per heavy atom. The van der Waals surface area contributed by atoms with Crippen molar-refractivity contribution in [3.8, 4) is 0 Å². The van der Waals surface area contributed by atoms with Crippen LogP contribution in [0, 0.1) is 18.3 Å². The molecule has 0 N–H and O–H groups in total. The fourth-order valence-corrected chi connectivity index (χ4v) is 2.96. The molecule has 12 heavy (non-hydrogen) atoms. The van der Waals surface area contributed by atoms with Crippen LogP contribution < -0.4 is 0 Å². The van der Waals surface area contributed by atoms with E-state index in [1.54, 1.807) is 0 Å². The van der Waals surface area contributed by atoms with Gasteiger partial charge in [-0.25, -0.2) is 0 Å². The normalized spacial score (nSPS) is 33.5. The van der Waals surface area contributed by atoms with E-state index in [2.05, 4.69) is 6.42 Å². The minimum atomic E-state index is 1.01.